The lowest BCUT2D eigenvalue weighted by atomic mass is 9.82. The number of ether oxygens (including phenoxy) is 4. The average molecular weight is 522 g/mol. The minimum absolute atomic E-state index is 0.0626. The summed E-state index contributed by atoms with van der Waals surface area (Å²) in [6.45, 7) is -1.10. The number of methoxy groups -OCH3 is 2. The second-order valence-corrected chi connectivity index (χ2v) is 7.22. The number of halogens is 6. The van der Waals surface area contributed by atoms with E-state index < -0.39 is 66.3 Å². The van der Waals surface area contributed by atoms with Gasteiger partial charge in [-0.05, 0) is 35.4 Å². The monoisotopic (exact) mass is 522 g/mol. The van der Waals surface area contributed by atoms with Crippen LogP contribution in [0.2, 0.25) is 0 Å². The summed E-state index contributed by atoms with van der Waals surface area (Å²) in [4.78, 5) is 35.0. The van der Waals surface area contributed by atoms with Gasteiger partial charge in [0.05, 0.1) is 14.2 Å². The van der Waals surface area contributed by atoms with Gasteiger partial charge in [-0.3, -0.25) is 4.79 Å². The van der Waals surface area contributed by atoms with Crippen LogP contribution in [0.1, 0.15) is 23.0 Å². The van der Waals surface area contributed by atoms with Gasteiger partial charge < -0.3 is 18.9 Å². The highest BCUT2D eigenvalue weighted by molar-refractivity contribution is 5.93. The van der Waals surface area contributed by atoms with Crippen LogP contribution in [0.15, 0.2) is 48.5 Å². The van der Waals surface area contributed by atoms with Crippen molar-refractivity contribution < 1.29 is 59.7 Å². The molecule has 2 aromatic rings. The molecule has 0 spiro atoms. The zero-order valence-electron chi connectivity index (χ0n) is 18.8. The molecule has 0 aliphatic carbocycles. The van der Waals surface area contributed by atoms with Crippen molar-refractivity contribution in [3.8, 4) is 11.5 Å². The number of ketones is 1. The summed E-state index contributed by atoms with van der Waals surface area (Å²) < 4.78 is 102. The van der Waals surface area contributed by atoms with Crippen molar-refractivity contribution in [1.82, 2.24) is 0 Å². The van der Waals surface area contributed by atoms with Gasteiger partial charge in [-0.2, -0.15) is 26.3 Å². The van der Waals surface area contributed by atoms with Crippen LogP contribution in [-0.2, 0) is 23.9 Å². The number of carbonyl (C=O) groups excluding carboxylic acids is 3. The topological polar surface area (TPSA) is 88.1 Å². The van der Waals surface area contributed by atoms with Gasteiger partial charge in [-0.1, -0.05) is 24.3 Å². The molecule has 0 fully saturated rings. The molecule has 13 heteroatoms. The second kappa shape index (κ2) is 11.8. The van der Waals surface area contributed by atoms with E-state index in [0.29, 0.717) is 0 Å². The summed E-state index contributed by atoms with van der Waals surface area (Å²) in [5, 5.41) is 0. The predicted molar refractivity (Wildman–Crippen MR) is 111 cm³/mol. The molecular formula is C23H20F6O7. The molecule has 0 radical (unpaired) electrons. The van der Waals surface area contributed by atoms with Gasteiger partial charge >= 0.3 is 24.3 Å². The molecule has 0 heterocycles. The summed E-state index contributed by atoms with van der Waals surface area (Å²) in [5.74, 6) is -10.0. The SMILES string of the molecule is COC(=O)COc1ccc(C(C(=O)C(c2ccc(OCC(=O)OC)cc2)C(F)(F)F)C(F)(F)F)cc1. The van der Waals surface area contributed by atoms with E-state index in [0.717, 1.165) is 62.8 Å². The zero-order valence-corrected chi connectivity index (χ0v) is 18.8. The molecule has 2 rings (SSSR count). The van der Waals surface area contributed by atoms with Crippen LogP contribution < -0.4 is 9.47 Å². The number of rotatable bonds is 10. The fourth-order valence-corrected chi connectivity index (χ4v) is 3.11. The van der Waals surface area contributed by atoms with Gasteiger partial charge in [-0.15, -0.1) is 0 Å². The van der Waals surface area contributed by atoms with Crippen LogP contribution >= 0.6 is 0 Å². The Bertz CT molecular complexity index is 963. The number of esters is 2. The summed E-state index contributed by atoms with van der Waals surface area (Å²) in [6.07, 6.45) is -10.7. The summed E-state index contributed by atoms with van der Waals surface area (Å²) >= 11 is 0. The van der Waals surface area contributed by atoms with Crippen molar-refractivity contribution in [1.29, 1.82) is 0 Å². The molecular weight excluding hydrogens is 502 g/mol. The summed E-state index contributed by atoms with van der Waals surface area (Å²) in [5.41, 5.74) is -1.49. The molecule has 2 aromatic carbocycles. The normalized spacial score (nSPS) is 13.3. The van der Waals surface area contributed by atoms with Gasteiger partial charge in [0.25, 0.3) is 0 Å². The third-order valence-electron chi connectivity index (χ3n) is 4.82. The maximum atomic E-state index is 13.9. The fourth-order valence-electron chi connectivity index (χ4n) is 3.11. The third kappa shape index (κ3) is 7.62. The molecule has 0 N–H and O–H groups in total. The highest BCUT2D eigenvalue weighted by Crippen LogP contribution is 2.45. The maximum absolute atomic E-state index is 13.9. The lowest BCUT2D eigenvalue weighted by Crippen LogP contribution is -2.38. The highest BCUT2D eigenvalue weighted by Gasteiger charge is 2.55. The summed E-state index contributed by atoms with van der Waals surface area (Å²) in [6, 6.07) is 7.11. The van der Waals surface area contributed by atoms with Gasteiger partial charge in [0.2, 0.25) is 0 Å². The number of hydrogen-bond donors (Lipinski definition) is 0. The molecule has 0 saturated heterocycles. The first-order chi connectivity index (χ1) is 16.8. The van der Waals surface area contributed by atoms with E-state index in [1.54, 1.807) is 0 Å². The van der Waals surface area contributed by atoms with Crippen molar-refractivity contribution in [2.24, 2.45) is 0 Å². The lowest BCUT2D eigenvalue weighted by molar-refractivity contribution is -0.183. The van der Waals surface area contributed by atoms with Crippen LogP contribution in [0.25, 0.3) is 0 Å². The largest absolute Gasteiger partial charge is 0.482 e. The van der Waals surface area contributed by atoms with E-state index in [1.165, 1.54) is 0 Å². The Morgan fingerprint density at radius 2 is 0.944 bits per heavy atom. The Balaban J connectivity index is 2.36. The first kappa shape index (κ1) is 28.5. The van der Waals surface area contributed by atoms with Crippen molar-refractivity contribution in [3.05, 3.63) is 59.7 Å². The maximum Gasteiger partial charge on any atom is 0.402 e. The molecule has 2 atom stereocenters. The van der Waals surface area contributed by atoms with Crippen LogP contribution in [-0.4, -0.2) is 57.5 Å². The molecule has 7 nitrogen and oxygen atoms in total. The number of benzene rings is 2. The van der Waals surface area contributed by atoms with Gasteiger partial charge in [-0.25, -0.2) is 9.59 Å². The Kier molecular flexibility index (Phi) is 9.31. The van der Waals surface area contributed by atoms with Crippen molar-refractivity contribution in [2.75, 3.05) is 27.4 Å². The highest BCUT2D eigenvalue weighted by atomic mass is 19.4. The predicted octanol–water partition coefficient (Wildman–Crippen LogP) is 4.35. The van der Waals surface area contributed by atoms with Crippen LogP contribution in [0, 0.1) is 0 Å². The molecule has 196 valence electrons. The fraction of sp³-hybridized carbons (Fsp3) is 0.348. The number of hydrogen-bond acceptors (Lipinski definition) is 7. The number of Topliss-reactive ketones (excluding diaryl/α,β-unsaturated/α-hetero) is 1. The summed E-state index contributed by atoms with van der Waals surface area (Å²) in [7, 11) is 2.18. The Morgan fingerprint density at radius 1 is 0.639 bits per heavy atom. The van der Waals surface area contributed by atoms with Crippen molar-refractivity contribution in [2.45, 2.75) is 24.2 Å². The standard InChI is InChI=1S/C23H20F6O7/c1-33-17(30)11-35-15-7-3-13(4-8-15)19(22(24,25)26)21(32)20(23(27,28)29)14-5-9-16(10-6-14)36-12-18(31)34-2/h3-10,19-20H,11-12H2,1-2H3. The number of carbonyl (C=O) groups is 3. The lowest BCUT2D eigenvalue weighted by Gasteiger charge is -2.26. The van der Waals surface area contributed by atoms with Crippen molar-refractivity contribution >= 4 is 17.7 Å². The van der Waals surface area contributed by atoms with E-state index in [2.05, 4.69) is 9.47 Å². The molecule has 0 bridgehead atoms. The minimum Gasteiger partial charge on any atom is -0.482 e. The van der Waals surface area contributed by atoms with E-state index in [-0.39, 0.29) is 11.5 Å². The Labute approximate surface area is 200 Å². The first-order valence-electron chi connectivity index (χ1n) is 10.0. The smallest absolute Gasteiger partial charge is 0.402 e. The van der Waals surface area contributed by atoms with E-state index in [9.17, 15) is 40.7 Å². The van der Waals surface area contributed by atoms with Crippen LogP contribution in [0.4, 0.5) is 26.3 Å². The van der Waals surface area contributed by atoms with Crippen LogP contribution in [0.3, 0.4) is 0 Å². The molecule has 36 heavy (non-hydrogen) atoms. The molecule has 0 amide bonds. The average Bonchev–Trinajstić information content (AvgIpc) is 2.81. The molecule has 0 aromatic heterocycles. The molecule has 0 aliphatic rings. The third-order valence-corrected chi connectivity index (χ3v) is 4.82. The molecule has 2 unspecified atom stereocenters. The number of alkyl halides is 6. The van der Waals surface area contributed by atoms with Gasteiger partial charge in [0.15, 0.2) is 19.0 Å². The first-order valence-corrected chi connectivity index (χ1v) is 10.0. The van der Waals surface area contributed by atoms with Crippen LogP contribution in [0.5, 0.6) is 11.5 Å². The zero-order chi connectivity index (χ0) is 27.1. The minimum atomic E-state index is -5.35. The van der Waals surface area contributed by atoms with E-state index >= 15 is 0 Å². The Morgan fingerprint density at radius 3 is 1.19 bits per heavy atom. The second-order valence-electron chi connectivity index (χ2n) is 7.22. The van der Waals surface area contributed by atoms with E-state index in [1.807, 2.05) is 0 Å². The van der Waals surface area contributed by atoms with Gasteiger partial charge in [0.1, 0.15) is 23.3 Å². The molecule has 0 saturated carbocycles. The molecule has 0 aliphatic heterocycles. The Hall–Kier alpha value is -3.77. The van der Waals surface area contributed by atoms with Gasteiger partial charge in [0, 0.05) is 0 Å². The quantitative estimate of drug-likeness (QED) is 0.339. The van der Waals surface area contributed by atoms with E-state index in [4.69, 9.17) is 9.47 Å². The van der Waals surface area contributed by atoms with Crippen molar-refractivity contribution in [3.63, 3.8) is 0 Å².